The zero-order chi connectivity index (χ0) is 13.7. The van der Waals surface area contributed by atoms with Crippen molar-refractivity contribution in [1.29, 1.82) is 0 Å². The van der Waals surface area contributed by atoms with Crippen LogP contribution in [0.5, 0.6) is 11.5 Å². The molecule has 3 nitrogen and oxygen atoms in total. The molecule has 1 fully saturated rings. The van der Waals surface area contributed by atoms with E-state index < -0.39 is 0 Å². The summed E-state index contributed by atoms with van der Waals surface area (Å²) in [6.45, 7) is 0. The van der Waals surface area contributed by atoms with Crippen LogP contribution in [-0.2, 0) is 0 Å². The third-order valence-electron chi connectivity index (χ3n) is 4.22. The maximum Gasteiger partial charge on any atom is 0.160 e. The molecular weight excluding hydrogens is 238 g/mol. The lowest BCUT2D eigenvalue weighted by molar-refractivity contribution is 0.353. The van der Waals surface area contributed by atoms with Crippen molar-refractivity contribution in [3.05, 3.63) is 23.8 Å². The minimum atomic E-state index is 0.570. The third-order valence-corrected chi connectivity index (χ3v) is 4.22. The lowest BCUT2D eigenvalue weighted by Crippen LogP contribution is -2.31. The molecule has 3 heteroatoms. The standard InChI is InChI=1S/C16H25NO2/c1-17-14-8-6-4-5-7-13(14)12-9-10-15(18-2)16(11-12)19-3/h9-11,13-14,17H,4-8H2,1-3H3. The van der Waals surface area contributed by atoms with E-state index in [1.165, 1.54) is 37.7 Å². The Labute approximate surface area is 116 Å². The van der Waals surface area contributed by atoms with Crippen molar-refractivity contribution < 1.29 is 9.47 Å². The zero-order valence-electron chi connectivity index (χ0n) is 12.2. The molecule has 1 N–H and O–H groups in total. The van der Waals surface area contributed by atoms with Gasteiger partial charge in [-0.05, 0) is 43.5 Å². The quantitative estimate of drug-likeness (QED) is 0.845. The second kappa shape index (κ2) is 6.80. The zero-order valence-corrected chi connectivity index (χ0v) is 12.2. The Bertz CT molecular complexity index is 406. The van der Waals surface area contributed by atoms with Gasteiger partial charge >= 0.3 is 0 Å². The summed E-state index contributed by atoms with van der Waals surface area (Å²) in [5, 5.41) is 3.49. The van der Waals surface area contributed by atoms with Gasteiger partial charge in [-0.25, -0.2) is 0 Å². The monoisotopic (exact) mass is 263 g/mol. The predicted octanol–water partition coefficient (Wildman–Crippen LogP) is 3.34. The van der Waals surface area contributed by atoms with Gasteiger partial charge in [-0.3, -0.25) is 0 Å². The van der Waals surface area contributed by atoms with E-state index in [2.05, 4.69) is 24.5 Å². The van der Waals surface area contributed by atoms with Crippen LogP contribution < -0.4 is 14.8 Å². The van der Waals surface area contributed by atoms with Crippen LogP contribution in [0.25, 0.3) is 0 Å². The summed E-state index contributed by atoms with van der Waals surface area (Å²) in [5.41, 5.74) is 1.36. The second-order valence-corrected chi connectivity index (χ2v) is 5.25. The van der Waals surface area contributed by atoms with Crippen LogP contribution in [0.4, 0.5) is 0 Å². The highest BCUT2D eigenvalue weighted by Crippen LogP contribution is 2.36. The first-order valence-electron chi connectivity index (χ1n) is 7.19. The molecule has 2 atom stereocenters. The number of likely N-dealkylation sites (N-methyl/N-ethyl adjacent to an activating group) is 1. The highest BCUT2D eigenvalue weighted by molar-refractivity contribution is 5.44. The highest BCUT2D eigenvalue weighted by atomic mass is 16.5. The molecule has 1 aliphatic rings. The van der Waals surface area contributed by atoms with Crippen molar-refractivity contribution in [3.8, 4) is 11.5 Å². The lowest BCUT2D eigenvalue weighted by atomic mass is 9.87. The molecule has 2 unspecified atom stereocenters. The Morgan fingerprint density at radius 3 is 2.42 bits per heavy atom. The minimum Gasteiger partial charge on any atom is -0.493 e. The highest BCUT2D eigenvalue weighted by Gasteiger charge is 2.24. The van der Waals surface area contributed by atoms with Gasteiger partial charge in [0.1, 0.15) is 0 Å². The molecule has 1 aromatic carbocycles. The number of hydrogen-bond donors (Lipinski definition) is 1. The summed E-state index contributed by atoms with van der Waals surface area (Å²) in [7, 11) is 5.45. The van der Waals surface area contributed by atoms with Crippen LogP contribution in [-0.4, -0.2) is 27.3 Å². The summed E-state index contributed by atoms with van der Waals surface area (Å²) < 4.78 is 10.7. The fraction of sp³-hybridized carbons (Fsp3) is 0.625. The van der Waals surface area contributed by atoms with Crippen LogP contribution in [0.2, 0.25) is 0 Å². The molecule has 106 valence electrons. The van der Waals surface area contributed by atoms with Gasteiger partial charge in [0, 0.05) is 6.04 Å². The van der Waals surface area contributed by atoms with Crippen LogP contribution in [0.3, 0.4) is 0 Å². The lowest BCUT2D eigenvalue weighted by Gasteiger charge is -2.25. The number of nitrogens with one attached hydrogen (secondary N) is 1. The summed E-state index contributed by atoms with van der Waals surface area (Å²) >= 11 is 0. The first kappa shape index (κ1) is 14.2. The predicted molar refractivity (Wildman–Crippen MR) is 78.2 cm³/mol. The van der Waals surface area contributed by atoms with Gasteiger partial charge in [0.25, 0.3) is 0 Å². The van der Waals surface area contributed by atoms with Gasteiger partial charge in [0.15, 0.2) is 11.5 Å². The topological polar surface area (TPSA) is 30.5 Å². The molecule has 0 aliphatic heterocycles. The van der Waals surface area contributed by atoms with Gasteiger partial charge in [-0.15, -0.1) is 0 Å². The third kappa shape index (κ3) is 3.21. The fourth-order valence-corrected chi connectivity index (χ4v) is 3.14. The smallest absolute Gasteiger partial charge is 0.160 e. The Kier molecular flexibility index (Phi) is 5.08. The fourth-order valence-electron chi connectivity index (χ4n) is 3.14. The summed E-state index contributed by atoms with van der Waals surface area (Å²) in [4.78, 5) is 0. The molecule has 0 spiro atoms. The number of hydrogen-bond acceptors (Lipinski definition) is 3. The minimum absolute atomic E-state index is 0.570. The van der Waals surface area contributed by atoms with E-state index in [1.807, 2.05) is 6.07 Å². The van der Waals surface area contributed by atoms with E-state index in [-0.39, 0.29) is 0 Å². The van der Waals surface area contributed by atoms with Gasteiger partial charge < -0.3 is 14.8 Å². The molecule has 19 heavy (non-hydrogen) atoms. The van der Waals surface area contributed by atoms with E-state index in [0.717, 1.165) is 11.5 Å². The van der Waals surface area contributed by atoms with Crippen molar-refractivity contribution in [1.82, 2.24) is 5.32 Å². The van der Waals surface area contributed by atoms with Crippen molar-refractivity contribution in [2.45, 2.75) is 44.1 Å². The maximum absolute atomic E-state index is 5.42. The number of benzene rings is 1. The van der Waals surface area contributed by atoms with E-state index in [1.54, 1.807) is 14.2 Å². The molecule has 0 saturated heterocycles. The van der Waals surface area contributed by atoms with Crippen molar-refractivity contribution in [2.24, 2.45) is 0 Å². The summed E-state index contributed by atoms with van der Waals surface area (Å²) in [6, 6.07) is 6.91. The normalized spacial score (nSPS) is 23.7. The summed E-state index contributed by atoms with van der Waals surface area (Å²) in [5.74, 6) is 2.22. The number of ether oxygens (including phenoxy) is 2. The van der Waals surface area contributed by atoms with Gasteiger partial charge in [0.05, 0.1) is 14.2 Å². The molecule has 0 radical (unpaired) electrons. The Morgan fingerprint density at radius 2 is 1.74 bits per heavy atom. The van der Waals surface area contributed by atoms with Crippen LogP contribution in [0.15, 0.2) is 18.2 Å². The van der Waals surface area contributed by atoms with Crippen molar-refractivity contribution in [3.63, 3.8) is 0 Å². The van der Waals surface area contributed by atoms with Crippen molar-refractivity contribution in [2.75, 3.05) is 21.3 Å². The number of methoxy groups -OCH3 is 2. The molecule has 2 rings (SSSR count). The summed E-state index contributed by atoms with van der Waals surface area (Å²) in [6.07, 6.45) is 6.50. The van der Waals surface area contributed by atoms with Crippen molar-refractivity contribution >= 4 is 0 Å². The molecule has 0 heterocycles. The van der Waals surface area contributed by atoms with Gasteiger partial charge in [0.2, 0.25) is 0 Å². The largest absolute Gasteiger partial charge is 0.493 e. The van der Waals surface area contributed by atoms with Crippen LogP contribution in [0, 0.1) is 0 Å². The van der Waals surface area contributed by atoms with E-state index in [4.69, 9.17) is 9.47 Å². The van der Waals surface area contributed by atoms with Gasteiger partial charge in [-0.1, -0.05) is 25.3 Å². The average molecular weight is 263 g/mol. The molecule has 0 amide bonds. The van der Waals surface area contributed by atoms with Crippen LogP contribution in [0.1, 0.15) is 43.6 Å². The maximum atomic E-state index is 5.42. The molecule has 1 saturated carbocycles. The second-order valence-electron chi connectivity index (χ2n) is 5.25. The van der Waals surface area contributed by atoms with E-state index in [9.17, 15) is 0 Å². The molecule has 1 aliphatic carbocycles. The number of rotatable bonds is 4. The molecular formula is C16H25NO2. The molecule has 0 bridgehead atoms. The first-order valence-corrected chi connectivity index (χ1v) is 7.19. The van der Waals surface area contributed by atoms with Gasteiger partial charge in [-0.2, -0.15) is 0 Å². The van der Waals surface area contributed by atoms with Crippen LogP contribution >= 0.6 is 0 Å². The van der Waals surface area contributed by atoms with E-state index >= 15 is 0 Å². The Hall–Kier alpha value is -1.22. The Balaban J connectivity index is 2.27. The molecule has 1 aromatic rings. The first-order chi connectivity index (χ1) is 9.30. The average Bonchev–Trinajstić information content (AvgIpc) is 2.71. The van der Waals surface area contributed by atoms with E-state index in [0.29, 0.717) is 12.0 Å². The SMILES string of the molecule is CNC1CCCCCC1c1ccc(OC)c(OC)c1. The Morgan fingerprint density at radius 1 is 1.00 bits per heavy atom. The molecule has 0 aromatic heterocycles.